The Kier molecular flexibility index (Phi) is 6.35. The average molecular weight is 677 g/mol. The summed E-state index contributed by atoms with van der Waals surface area (Å²) in [5, 5.41) is 36.8. The van der Waals surface area contributed by atoms with Crippen molar-refractivity contribution in [1.82, 2.24) is 0 Å². The van der Waals surface area contributed by atoms with Crippen molar-refractivity contribution in [2.75, 3.05) is 0 Å². The molecule has 48 heavy (non-hydrogen) atoms. The van der Waals surface area contributed by atoms with Gasteiger partial charge in [-0.15, -0.1) is 0 Å². The minimum atomic E-state index is -2.11. The van der Waals surface area contributed by atoms with Crippen molar-refractivity contribution in [2.45, 2.75) is 122 Å². The standard InChI is InChI=1S/C34H44O14/c1-10-17-20(32(7)33(8,42)29(41)48-34(32)26(10)47-34)23(40)18-16-19(25(43-11(2)35)28(31(17,18)6)45-13(4)37)30(5)14(21(38)22(16)39)9-15-24(46-15)27(30)44-12(3)36/h10,14-20,22-28,39-40,42H,9H2,1-8H3/t10-,14+,15-,16?,17-,18+,19?,20-,22+,23+,24-,25-,26-,27-,28-,30-,31+,32-,33+,34?/m0/s1. The number of ether oxygens (including phenoxy) is 6. The number of aliphatic hydroxyl groups excluding tert-OH is 2. The van der Waals surface area contributed by atoms with Crippen LogP contribution in [0.1, 0.15) is 61.8 Å². The highest BCUT2D eigenvalue weighted by Crippen LogP contribution is 2.80. The molecule has 8 fully saturated rings. The van der Waals surface area contributed by atoms with Gasteiger partial charge in [-0.1, -0.05) is 20.8 Å². The Morgan fingerprint density at radius 2 is 1.44 bits per heavy atom. The molecule has 3 N–H and O–H groups in total. The van der Waals surface area contributed by atoms with Gasteiger partial charge >= 0.3 is 23.9 Å². The molecule has 8 rings (SSSR count). The number of epoxide rings is 2. The molecule has 14 heteroatoms. The van der Waals surface area contributed by atoms with Crippen LogP contribution in [0.5, 0.6) is 0 Å². The van der Waals surface area contributed by atoms with E-state index in [1.165, 1.54) is 27.7 Å². The molecule has 5 aliphatic carbocycles. The minimum absolute atomic E-state index is 0.234. The van der Waals surface area contributed by atoms with Crippen LogP contribution < -0.4 is 0 Å². The highest BCUT2D eigenvalue weighted by Gasteiger charge is 2.93. The molecule has 5 saturated carbocycles. The van der Waals surface area contributed by atoms with E-state index in [0.29, 0.717) is 0 Å². The molecular formula is C34H44O14. The van der Waals surface area contributed by atoms with Gasteiger partial charge in [0.15, 0.2) is 11.4 Å². The first kappa shape index (κ1) is 32.5. The van der Waals surface area contributed by atoms with Gasteiger partial charge in [-0.3, -0.25) is 19.2 Å². The van der Waals surface area contributed by atoms with Crippen LogP contribution in [0.2, 0.25) is 0 Å². The van der Waals surface area contributed by atoms with Gasteiger partial charge < -0.3 is 43.7 Å². The molecular weight excluding hydrogens is 632 g/mol. The second kappa shape index (κ2) is 9.36. The predicted molar refractivity (Wildman–Crippen MR) is 156 cm³/mol. The zero-order chi connectivity index (χ0) is 35.0. The van der Waals surface area contributed by atoms with Crippen LogP contribution >= 0.6 is 0 Å². The molecule has 0 aromatic carbocycles. The summed E-state index contributed by atoms with van der Waals surface area (Å²) >= 11 is 0. The third-order valence-corrected chi connectivity index (χ3v) is 14.7. The molecule has 3 unspecified atom stereocenters. The summed E-state index contributed by atoms with van der Waals surface area (Å²) in [5.74, 6) is -10.9. The van der Waals surface area contributed by atoms with E-state index in [1.54, 1.807) is 20.8 Å². The highest BCUT2D eigenvalue weighted by atomic mass is 16.8. The van der Waals surface area contributed by atoms with Gasteiger partial charge in [0.05, 0.1) is 17.6 Å². The summed E-state index contributed by atoms with van der Waals surface area (Å²) in [4.78, 5) is 66.2. The molecule has 0 amide bonds. The first-order valence-electron chi connectivity index (χ1n) is 16.9. The fraction of sp³-hybridized carbons (Fsp3) is 0.853. The van der Waals surface area contributed by atoms with Crippen LogP contribution in [0, 0.1) is 57.7 Å². The number of hydrogen-bond donors (Lipinski definition) is 3. The van der Waals surface area contributed by atoms with Crippen LogP contribution in [-0.2, 0) is 52.4 Å². The molecule has 0 bridgehead atoms. The molecule has 14 nitrogen and oxygen atoms in total. The normalized spacial score (nSPS) is 59.6. The molecule has 0 aromatic rings. The van der Waals surface area contributed by atoms with E-state index in [2.05, 4.69) is 0 Å². The van der Waals surface area contributed by atoms with Gasteiger partial charge in [-0.25, -0.2) is 4.79 Å². The van der Waals surface area contributed by atoms with Gasteiger partial charge in [-0.2, -0.15) is 0 Å². The molecule has 0 radical (unpaired) electrons. The number of fused-ring (bicyclic) bond motifs is 9. The van der Waals surface area contributed by atoms with Crippen molar-refractivity contribution in [2.24, 2.45) is 57.7 Å². The van der Waals surface area contributed by atoms with Crippen molar-refractivity contribution < 1.29 is 67.7 Å². The Hall–Kier alpha value is -2.65. The van der Waals surface area contributed by atoms with Crippen LogP contribution in [0.3, 0.4) is 0 Å². The van der Waals surface area contributed by atoms with Gasteiger partial charge in [0.1, 0.15) is 36.6 Å². The van der Waals surface area contributed by atoms with Gasteiger partial charge in [0.25, 0.3) is 0 Å². The SMILES string of the molecule is CC(=O)O[C@H]1C2C([C@@H]3[C@@H](O)[C@@H]4[C@H]([C@H](C)[C@@H]5OC56OC(=O)[C@@](C)(O)[C@]46C)[C@@]3(C)[C@H]1OC(C)=O)[C@@H](O)C(=O)[C@H]1C[C@@H]3O[C@@H]3[C@H](OC(C)=O)[C@]21C. The highest BCUT2D eigenvalue weighted by molar-refractivity contribution is 5.88. The first-order valence-corrected chi connectivity index (χ1v) is 16.9. The lowest BCUT2D eigenvalue weighted by atomic mass is 9.41. The second-order valence-electron chi connectivity index (χ2n) is 16.5. The lowest BCUT2D eigenvalue weighted by Gasteiger charge is -2.65. The molecule has 8 aliphatic rings. The van der Waals surface area contributed by atoms with Gasteiger partial charge in [0.2, 0.25) is 5.79 Å². The number of rotatable bonds is 3. The lowest BCUT2D eigenvalue weighted by molar-refractivity contribution is -0.273. The maximum Gasteiger partial charge on any atom is 0.341 e. The average Bonchev–Trinajstić information content (AvgIpc) is 3.88. The fourth-order valence-corrected chi connectivity index (χ4v) is 12.9. The largest absolute Gasteiger partial charge is 0.459 e. The summed E-state index contributed by atoms with van der Waals surface area (Å²) in [5.41, 5.74) is -6.23. The second-order valence-corrected chi connectivity index (χ2v) is 16.5. The summed E-state index contributed by atoms with van der Waals surface area (Å²) in [6, 6.07) is 0. The van der Waals surface area contributed by atoms with Crippen LogP contribution in [0.4, 0.5) is 0 Å². The van der Waals surface area contributed by atoms with E-state index >= 15 is 0 Å². The molecule has 3 saturated heterocycles. The van der Waals surface area contributed by atoms with Crippen molar-refractivity contribution in [3.05, 3.63) is 0 Å². The number of hydrogen-bond acceptors (Lipinski definition) is 14. The Morgan fingerprint density at radius 3 is 2.04 bits per heavy atom. The zero-order valence-electron chi connectivity index (χ0n) is 28.2. The topological polar surface area (TPSA) is 208 Å². The lowest BCUT2D eigenvalue weighted by Crippen LogP contribution is -2.74. The number of carbonyl (C=O) groups excluding carboxylic acids is 5. The van der Waals surface area contributed by atoms with Gasteiger partial charge in [-0.05, 0) is 32.1 Å². The maximum atomic E-state index is 14.4. The van der Waals surface area contributed by atoms with E-state index in [0.717, 1.165) is 0 Å². The van der Waals surface area contributed by atoms with Crippen molar-refractivity contribution in [3.63, 3.8) is 0 Å². The molecule has 20 atom stereocenters. The van der Waals surface area contributed by atoms with Crippen LogP contribution in [0.15, 0.2) is 0 Å². The summed E-state index contributed by atoms with van der Waals surface area (Å²) in [6.45, 7) is 12.1. The smallest absolute Gasteiger partial charge is 0.341 e. The minimum Gasteiger partial charge on any atom is -0.459 e. The monoisotopic (exact) mass is 676 g/mol. The Labute approximate surface area is 277 Å². The number of carbonyl (C=O) groups is 5. The van der Waals surface area contributed by atoms with Crippen molar-refractivity contribution >= 4 is 29.7 Å². The number of Topliss-reactive ketones (excluding diaryl/α,β-unsaturated/α-hetero) is 1. The Morgan fingerprint density at radius 1 is 0.833 bits per heavy atom. The van der Waals surface area contributed by atoms with Crippen molar-refractivity contribution in [1.29, 1.82) is 0 Å². The van der Waals surface area contributed by atoms with E-state index < -0.39 is 141 Å². The summed E-state index contributed by atoms with van der Waals surface area (Å²) < 4.78 is 36.1. The third kappa shape index (κ3) is 3.39. The summed E-state index contributed by atoms with van der Waals surface area (Å²) in [6.07, 6.45) is -7.90. The maximum absolute atomic E-state index is 14.4. The number of ketones is 1. The Bertz CT molecular complexity index is 1540. The molecule has 0 aromatic heterocycles. The molecule has 3 heterocycles. The van der Waals surface area contributed by atoms with Gasteiger partial charge in [0, 0.05) is 61.2 Å². The van der Waals surface area contributed by atoms with E-state index in [-0.39, 0.29) is 12.5 Å². The Balaban J connectivity index is 1.38. The van der Waals surface area contributed by atoms with Crippen LogP contribution in [-0.4, -0.2) is 105 Å². The van der Waals surface area contributed by atoms with E-state index in [1.807, 2.05) is 6.92 Å². The molecule has 264 valence electrons. The third-order valence-electron chi connectivity index (χ3n) is 14.7. The molecule has 3 aliphatic heterocycles. The fourth-order valence-electron chi connectivity index (χ4n) is 12.9. The predicted octanol–water partition coefficient (Wildman–Crippen LogP) is 0.0530. The molecule has 1 spiro atoms. The van der Waals surface area contributed by atoms with Crippen LogP contribution in [0.25, 0.3) is 0 Å². The number of aliphatic hydroxyl groups is 3. The first-order chi connectivity index (χ1) is 22.2. The van der Waals surface area contributed by atoms with Crippen molar-refractivity contribution in [3.8, 4) is 0 Å². The quantitative estimate of drug-likeness (QED) is 0.205. The zero-order valence-corrected chi connectivity index (χ0v) is 28.2. The number of esters is 4. The van der Waals surface area contributed by atoms with E-state index in [9.17, 15) is 39.3 Å². The van der Waals surface area contributed by atoms with E-state index in [4.69, 9.17) is 28.4 Å². The summed E-state index contributed by atoms with van der Waals surface area (Å²) in [7, 11) is 0.